The maximum absolute atomic E-state index is 11.1. The summed E-state index contributed by atoms with van der Waals surface area (Å²) < 4.78 is 11.1. The molecule has 0 aliphatic carbocycles. The average molecular weight is 132 g/mol. The van der Waals surface area contributed by atoms with Gasteiger partial charge in [0.15, 0.2) is 5.78 Å². The minimum atomic E-state index is -0.556. The highest BCUT2D eigenvalue weighted by Crippen LogP contribution is 1.74. The number of alkyl halides is 1. The SMILES string of the molecule is CC.CC(=O)/C=C/CF. The standard InChI is InChI=1S/C5H7FO.C2H6/c1-5(7)3-2-4-6;1-2/h2-3H,4H2,1H3;1-2H3/b3-2+;. The van der Waals surface area contributed by atoms with Crippen molar-refractivity contribution in [2.75, 3.05) is 6.67 Å². The normalized spacial score (nSPS) is 8.44. The van der Waals surface area contributed by atoms with Gasteiger partial charge in [0.1, 0.15) is 6.67 Å². The van der Waals surface area contributed by atoms with Gasteiger partial charge in [-0.1, -0.05) is 19.9 Å². The van der Waals surface area contributed by atoms with E-state index in [9.17, 15) is 9.18 Å². The van der Waals surface area contributed by atoms with Crippen LogP contribution in [0.3, 0.4) is 0 Å². The molecule has 0 spiro atoms. The van der Waals surface area contributed by atoms with Crippen molar-refractivity contribution < 1.29 is 9.18 Å². The molecule has 0 fully saturated rings. The van der Waals surface area contributed by atoms with Crippen LogP contribution in [0.25, 0.3) is 0 Å². The van der Waals surface area contributed by atoms with Crippen LogP contribution < -0.4 is 0 Å². The van der Waals surface area contributed by atoms with Crippen LogP contribution in [0.5, 0.6) is 0 Å². The fourth-order valence-electron chi connectivity index (χ4n) is 0.211. The van der Waals surface area contributed by atoms with E-state index in [-0.39, 0.29) is 5.78 Å². The zero-order chi connectivity index (χ0) is 7.70. The van der Waals surface area contributed by atoms with Crippen molar-refractivity contribution in [1.29, 1.82) is 0 Å². The second-order valence-electron chi connectivity index (χ2n) is 1.17. The Morgan fingerprint density at radius 3 is 2.11 bits per heavy atom. The zero-order valence-corrected chi connectivity index (χ0v) is 6.15. The lowest BCUT2D eigenvalue weighted by Gasteiger charge is -1.72. The van der Waals surface area contributed by atoms with Gasteiger partial charge in [-0.15, -0.1) is 0 Å². The molecule has 0 atom stereocenters. The van der Waals surface area contributed by atoms with Crippen LogP contribution in [-0.4, -0.2) is 12.5 Å². The largest absolute Gasteiger partial charge is 0.295 e. The van der Waals surface area contributed by atoms with Gasteiger partial charge in [0.2, 0.25) is 0 Å². The van der Waals surface area contributed by atoms with Gasteiger partial charge < -0.3 is 0 Å². The summed E-state index contributed by atoms with van der Waals surface area (Å²) in [7, 11) is 0. The van der Waals surface area contributed by atoms with Crippen molar-refractivity contribution in [3.8, 4) is 0 Å². The van der Waals surface area contributed by atoms with Gasteiger partial charge in [-0.3, -0.25) is 4.79 Å². The first kappa shape index (κ1) is 11.2. The minimum Gasteiger partial charge on any atom is -0.295 e. The topological polar surface area (TPSA) is 17.1 Å². The molecule has 9 heavy (non-hydrogen) atoms. The Morgan fingerprint density at radius 1 is 1.56 bits per heavy atom. The maximum Gasteiger partial charge on any atom is 0.152 e. The molecule has 2 heteroatoms. The second-order valence-corrected chi connectivity index (χ2v) is 1.17. The Balaban J connectivity index is 0. The predicted octanol–water partition coefficient (Wildman–Crippen LogP) is 2.13. The lowest BCUT2D eigenvalue weighted by Crippen LogP contribution is -1.78. The first-order chi connectivity index (χ1) is 4.27. The van der Waals surface area contributed by atoms with Gasteiger partial charge in [0.05, 0.1) is 0 Å². The van der Waals surface area contributed by atoms with Crippen molar-refractivity contribution >= 4 is 5.78 Å². The van der Waals surface area contributed by atoms with Crippen molar-refractivity contribution in [2.45, 2.75) is 20.8 Å². The number of carbonyl (C=O) groups excluding carboxylic acids is 1. The van der Waals surface area contributed by atoms with Gasteiger partial charge in [-0.25, -0.2) is 4.39 Å². The summed E-state index contributed by atoms with van der Waals surface area (Å²) in [5.41, 5.74) is 0. The molecule has 0 heterocycles. The van der Waals surface area contributed by atoms with E-state index in [0.29, 0.717) is 0 Å². The molecule has 0 aliphatic rings. The molecule has 0 rings (SSSR count). The summed E-state index contributed by atoms with van der Waals surface area (Å²) >= 11 is 0. The Morgan fingerprint density at radius 2 is 2.00 bits per heavy atom. The molecule has 0 radical (unpaired) electrons. The first-order valence-electron chi connectivity index (χ1n) is 3.00. The summed E-state index contributed by atoms with van der Waals surface area (Å²) in [6.07, 6.45) is 2.39. The van der Waals surface area contributed by atoms with Crippen molar-refractivity contribution in [2.24, 2.45) is 0 Å². The molecule has 0 aliphatic heterocycles. The number of ketones is 1. The van der Waals surface area contributed by atoms with E-state index in [2.05, 4.69) is 0 Å². The number of allylic oxidation sites excluding steroid dienone is 2. The monoisotopic (exact) mass is 132 g/mol. The van der Waals surface area contributed by atoms with E-state index in [1.165, 1.54) is 19.1 Å². The fourth-order valence-corrected chi connectivity index (χ4v) is 0.211. The molecule has 0 bridgehead atoms. The van der Waals surface area contributed by atoms with E-state index >= 15 is 0 Å². The van der Waals surface area contributed by atoms with Crippen molar-refractivity contribution in [1.82, 2.24) is 0 Å². The molecular weight excluding hydrogens is 119 g/mol. The maximum atomic E-state index is 11.1. The summed E-state index contributed by atoms with van der Waals surface area (Å²) in [4.78, 5) is 9.95. The van der Waals surface area contributed by atoms with Crippen LogP contribution in [-0.2, 0) is 4.79 Å². The minimum absolute atomic E-state index is 0.113. The number of hydrogen-bond donors (Lipinski definition) is 0. The number of carbonyl (C=O) groups is 1. The number of hydrogen-bond acceptors (Lipinski definition) is 1. The summed E-state index contributed by atoms with van der Waals surface area (Å²) in [5, 5.41) is 0. The summed E-state index contributed by atoms with van der Waals surface area (Å²) in [6, 6.07) is 0. The molecule has 0 saturated heterocycles. The van der Waals surface area contributed by atoms with Crippen molar-refractivity contribution in [3.63, 3.8) is 0 Å². The highest BCUT2D eigenvalue weighted by atomic mass is 19.1. The average Bonchev–Trinajstić information content (AvgIpc) is 1.88. The van der Waals surface area contributed by atoms with E-state index in [4.69, 9.17) is 0 Å². The molecule has 54 valence electrons. The van der Waals surface area contributed by atoms with Gasteiger partial charge in [0, 0.05) is 0 Å². The molecule has 0 unspecified atom stereocenters. The second kappa shape index (κ2) is 10.3. The zero-order valence-electron chi connectivity index (χ0n) is 6.15. The van der Waals surface area contributed by atoms with E-state index in [0.717, 1.165) is 0 Å². The van der Waals surface area contributed by atoms with E-state index in [1.54, 1.807) is 0 Å². The van der Waals surface area contributed by atoms with E-state index in [1.807, 2.05) is 13.8 Å². The highest BCUT2D eigenvalue weighted by Gasteiger charge is 1.76. The van der Waals surface area contributed by atoms with E-state index < -0.39 is 6.67 Å². The first-order valence-corrected chi connectivity index (χ1v) is 3.00. The third-order valence-electron chi connectivity index (χ3n) is 0.442. The van der Waals surface area contributed by atoms with Crippen LogP contribution in [0, 0.1) is 0 Å². The van der Waals surface area contributed by atoms with Gasteiger partial charge in [0.25, 0.3) is 0 Å². The lowest BCUT2D eigenvalue weighted by atomic mass is 10.4. The summed E-state index contributed by atoms with van der Waals surface area (Å²) in [5.74, 6) is -0.113. The third kappa shape index (κ3) is 18.8. The summed E-state index contributed by atoms with van der Waals surface area (Å²) in [6.45, 7) is 4.83. The molecule has 1 nitrogen and oxygen atoms in total. The molecule has 0 amide bonds. The Hall–Kier alpha value is -0.660. The molecule has 0 aromatic heterocycles. The third-order valence-corrected chi connectivity index (χ3v) is 0.442. The van der Waals surface area contributed by atoms with Crippen LogP contribution in [0.1, 0.15) is 20.8 Å². The Bertz CT molecular complexity index is 86.9. The van der Waals surface area contributed by atoms with Crippen LogP contribution in [0.2, 0.25) is 0 Å². The molecule has 0 saturated carbocycles. The predicted molar refractivity (Wildman–Crippen MR) is 37.1 cm³/mol. The Kier molecular flexibility index (Phi) is 12.9. The van der Waals surface area contributed by atoms with Gasteiger partial charge >= 0.3 is 0 Å². The fraction of sp³-hybridized carbons (Fsp3) is 0.571. The Labute approximate surface area is 55.6 Å². The quantitative estimate of drug-likeness (QED) is 0.526. The molecule has 0 aromatic carbocycles. The highest BCUT2D eigenvalue weighted by molar-refractivity contribution is 5.87. The smallest absolute Gasteiger partial charge is 0.152 e. The van der Waals surface area contributed by atoms with Crippen LogP contribution in [0.15, 0.2) is 12.2 Å². The lowest BCUT2D eigenvalue weighted by molar-refractivity contribution is -0.112. The van der Waals surface area contributed by atoms with Crippen LogP contribution >= 0.6 is 0 Å². The molecule has 0 N–H and O–H groups in total. The molecular formula is C7H13FO. The van der Waals surface area contributed by atoms with Crippen LogP contribution in [0.4, 0.5) is 4.39 Å². The van der Waals surface area contributed by atoms with Gasteiger partial charge in [-0.05, 0) is 13.0 Å². The number of halogens is 1. The molecule has 0 aromatic rings. The van der Waals surface area contributed by atoms with Crippen molar-refractivity contribution in [3.05, 3.63) is 12.2 Å². The van der Waals surface area contributed by atoms with Gasteiger partial charge in [-0.2, -0.15) is 0 Å². The number of rotatable bonds is 2.